The molecule has 0 spiro atoms. The number of benzene rings is 6. The molecule has 0 amide bonds. The highest BCUT2D eigenvalue weighted by Gasteiger charge is 2.46. The third kappa shape index (κ3) is 8.28. The molecule has 0 bridgehead atoms. The average Bonchev–Trinajstić information content (AvgIpc) is 3.71. The standard InChI is InChI=1S/C63H73BN2S/c1-10-14-18-43-22-27-47(28-23-43)49-38-44(19-15-11-2)25-32-54(49)66-55-40-46(21-17-13-4)24-31-53(55)64-59-56(36-42(5)37-57(59)66)65(48-29-30-51-52(41-48)63(8,9)35-34-62(51,6)7)60-50-39-45(20-16-12-3)26-33-58(50)67-61(60)64/h22-33,36-41H,10-21,34-35H2,1-9H3. The van der Waals surface area contributed by atoms with E-state index in [1.165, 1.54) is 174 Å². The number of rotatable bonds is 15. The van der Waals surface area contributed by atoms with Crippen LogP contribution in [-0.2, 0) is 36.5 Å². The molecule has 0 fully saturated rings. The number of anilines is 6. The third-order valence-electron chi connectivity index (χ3n) is 15.9. The summed E-state index contributed by atoms with van der Waals surface area (Å²) in [5.41, 5.74) is 23.7. The second-order valence-electron chi connectivity index (χ2n) is 21.8. The maximum Gasteiger partial charge on any atom is 0.264 e. The molecule has 2 aliphatic heterocycles. The molecule has 2 nitrogen and oxygen atoms in total. The van der Waals surface area contributed by atoms with E-state index in [1.54, 1.807) is 0 Å². The minimum Gasteiger partial charge on any atom is -0.311 e. The highest BCUT2D eigenvalue weighted by molar-refractivity contribution is 7.33. The molecule has 344 valence electrons. The van der Waals surface area contributed by atoms with Crippen molar-refractivity contribution in [3.63, 3.8) is 0 Å². The van der Waals surface area contributed by atoms with Crippen LogP contribution in [0.5, 0.6) is 0 Å². The first-order valence-corrected chi connectivity index (χ1v) is 27.1. The van der Waals surface area contributed by atoms with Gasteiger partial charge in [0.15, 0.2) is 0 Å². The summed E-state index contributed by atoms with van der Waals surface area (Å²) >= 11 is 2.04. The molecule has 0 saturated carbocycles. The normalized spacial score (nSPS) is 15.4. The predicted molar refractivity (Wildman–Crippen MR) is 296 cm³/mol. The van der Waals surface area contributed by atoms with Crippen molar-refractivity contribution in [3.05, 3.63) is 148 Å². The minimum atomic E-state index is 0.0944. The van der Waals surface area contributed by atoms with Crippen LogP contribution in [0, 0.1) is 6.92 Å². The summed E-state index contributed by atoms with van der Waals surface area (Å²) in [4.78, 5) is 5.43. The highest BCUT2D eigenvalue weighted by atomic mass is 32.1. The second kappa shape index (κ2) is 18.5. The highest BCUT2D eigenvalue weighted by Crippen LogP contribution is 2.52. The molecule has 0 saturated heterocycles. The Hall–Kier alpha value is -5.06. The summed E-state index contributed by atoms with van der Waals surface area (Å²) in [6.07, 6.45) is 16.4. The predicted octanol–water partition coefficient (Wildman–Crippen LogP) is 16.7. The SMILES string of the molecule is CCCCc1ccc(-c2cc(CCCC)ccc2N2c3cc(CCCC)ccc3B3c4sc5ccc(CCCC)cc5c4N(c4ccc5c(c4)C(C)(C)CCC5(C)C)c4cc(C)cc2c43)cc1. The summed E-state index contributed by atoms with van der Waals surface area (Å²) in [7, 11) is 0. The summed E-state index contributed by atoms with van der Waals surface area (Å²) in [5.74, 6) is 0. The number of fused-ring (bicyclic) bond motifs is 7. The second-order valence-corrected chi connectivity index (χ2v) is 22.9. The Labute approximate surface area is 407 Å². The fourth-order valence-electron chi connectivity index (χ4n) is 11.8. The van der Waals surface area contributed by atoms with Gasteiger partial charge < -0.3 is 9.80 Å². The molecule has 0 atom stereocenters. The van der Waals surface area contributed by atoms with Gasteiger partial charge in [-0.15, -0.1) is 11.3 Å². The molecule has 0 radical (unpaired) electrons. The Kier molecular flexibility index (Phi) is 12.6. The van der Waals surface area contributed by atoms with Crippen LogP contribution in [0.15, 0.2) is 109 Å². The van der Waals surface area contributed by atoms with Gasteiger partial charge in [-0.25, -0.2) is 0 Å². The maximum absolute atomic E-state index is 2.72. The van der Waals surface area contributed by atoms with Crippen LogP contribution in [-0.4, -0.2) is 6.71 Å². The number of unbranched alkanes of at least 4 members (excludes halogenated alkanes) is 4. The lowest BCUT2D eigenvalue weighted by Gasteiger charge is -2.45. The van der Waals surface area contributed by atoms with Crippen molar-refractivity contribution >= 4 is 78.0 Å². The van der Waals surface area contributed by atoms with Gasteiger partial charge in [-0.1, -0.05) is 136 Å². The summed E-state index contributed by atoms with van der Waals surface area (Å²) in [6, 6.07) is 44.6. The van der Waals surface area contributed by atoms with E-state index in [0.717, 1.165) is 25.7 Å². The molecular weight excluding hydrogens is 828 g/mol. The van der Waals surface area contributed by atoms with E-state index in [1.807, 2.05) is 11.3 Å². The van der Waals surface area contributed by atoms with E-state index in [-0.39, 0.29) is 17.5 Å². The molecule has 1 aliphatic carbocycles. The first-order valence-electron chi connectivity index (χ1n) is 26.2. The quantitative estimate of drug-likeness (QED) is 0.0946. The van der Waals surface area contributed by atoms with Crippen molar-refractivity contribution in [1.82, 2.24) is 0 Å². The lowest BCUT2D eigenvalue weighted by molar-refractivity contribution is 0.332. The molecule has 10 rings (SSSR count). The number of hydrogen-bond acceptors (Lipinski definition) is 3. The van der Waals surface area contributed by atoms with E-state index in [9.17, 15) is 0 Å². The first-order chi connectivity index (χ1) is 32.4. The molecule has 0 N–H and O–H groups in total. The van der Waals surface area contributed by atoms with Crippen LogP contribution in [0.25, 0.3) is 21.2 Å². The number of thiophene rings is 1. The Morgan fingerprint density at radius 3 is 1.76 bits per heavy atom. The van der Waals surface area contributed by atoms with Crippen LogP contribution in [0.4, 0.5) is 34.1 Å². The fourth-order valence-corrected chi connectivity index (χ4v) is 13.1. The Morgan fingerprint density at radius 2 is 1.09 bits per heavy atom. The van der Waals surface area contributed by atoms with Gasteiger partial charge >= 0.3 is 0 Å². The van der Waals surface area contributed by atoms with Gasteiger partial charge in [-0.3, -0.25) is 0 Å². The van der Waals surface area contributed by atoms with Crippen molar-refractivity contribution in [2.45, 2.75) is 163 Å². The lowest BCUT2D eigenvalue weighted by atomic mass is 9.36. The smallest absolute Gasteiger partial charge is 0.264 e. The largest absolute Gasteiger partial charge is 0.311 e. The molecule has 6 aromatic carbocycles. The van der Waals surface area contributed by atoms with Crippen molar-refractivity contribution in [1.29, 1.82) is 0 Å². The van der Waals surface area contributed by atoms with Crippen molar-refractivity contribution in [3.8, 4) is 11.1 Å². The van der Waals surface area contributed by atoms with Gasteiger partial charge in [0.25, 0.3) is 6.71 Å². The van der Waals surface area contributed by atoms with Crippen LogP contribution in [0.1, 0.15) is 159 Å². The zero-order valence-electron chi connectivity index (χ0n) is 42.2. The topological polar surface area (TPSA) is 6.48 Å². The van der Waals surface area contributed by atoms with Crippen LogP contribution >= 0.6 is 11.3 Å². The molecule has 0 unspecified atom stereocenters. The average molecular weight is 901 g/mol. The Balaban J connectivity index is 1.26. The Bertz CT molecular complexity index is 2950. The third-order valence-corrected chi connectivity index (χ3v) is 17.1. The number of aryl methyl sites for hydroxylation is 5. The van der Waals surface area contributed by atoms with Crippen LogP contribution in [0.2, 0.25) is 0 Å². The molecule has 3 heterocycles. The molecule has 3 aliphatic rings. The minimum absolute atomic E-state index is 0.0944. The molecule has 67 heavy (non-hydrogen) atoms. The summed E-state index contributed by atoms with van der Waals surface area (Å²) in [6.45, 7) is 21.5. The van der Waals surface area contributed by atoms with Gasteiger partial charge in [0.2, 0.25) is 0 Å². The van der Waals surface area contributed by atoms with Gasteiger partial charge in [0.05, 0.1) is 11.4 Å². The van der Waals surface area contributed by atoms with Crippen molar-refractivity contribution < 1.29 is 0 Å². The van der Waals surface area contributed by atoms with Crippen molar-refractivity contribution in [2.24, 2.45) is 0 Å². The fraction of sp³-hybridized carbons (Fsp3) is 0.397. The first kappa shape index (κ1) is 45.7. The molecular formula is C63H73BN2S. The van der Waals surface area contributed by atoms with E-state index in [4.69, 9.17) is 0 Å². The molecule has 7 aromatic rings. The molecule has 4 heteroatoms. The number of hydrogen-bond donors (Lipinski definition) is 0. The summed E-state index contributed by atoms with van der Waals surface area (Å²) in [5, 5.41) is 1.40. The van der Waals surface area contributed by atoms with Crippen LogP contribution in [0.3, 0.4) is 0 Å². The van der Waals surface area contributed by atoms with Crippen molar-refractivity contribution in [2.75, 3.05) is 9.80 Å². The molecule has 1 aromatic heterocycles. The van der Waals surface area contributed by atoms with E-state index in [0.29, 0.717) is 0 Å². The van der Waals surface area contributed by atoms with E-state index >= 15 is 0 Å². The lowest BCUT2D eigenvalue weighted by Crippen LogP contribution is -2.60. The van der Waals surface area contributed by atoms with E-state index < -0.39 is 0 Å². The van der Waals surface area contributed by atoms with Gasteiger partial charge in [-0.05, 0) is 192 Å². The number of nitrogens with zero attached hydrogens (tertiary/aromatic N) is 2. The van der Waals surface area contributed by atoms with Gasteiger partial charge in [-0.2, -0.15) is 0 Å². The van der Waals surface area contributed by atoms with Crippen LogP contribution < -0.4 is 25.5 Å². The zero-order valence-corrected chi connectivity index (χ0v) is 43.0. The van der Waals surface area contributed by atoms with E-state index in [2.05, 4.69) is 181 Å². The monoisotopic (exact) mass is 901 g/mol. The Morgan fingerprint density at radius 1 is 0.522 bits per heavy atom. The van der Waals surface area contributed by atoms with Gasteiger partial charge in [0.1, 0.15) is 0 Å². The van der Waals surface area contributed by atoms with Gasteiger partial charge in [0, 0.05) is 43.2 Å². The maximum atomic E-state index is 2.72. The zero-order chi connectivity index (χ0) is 46.6. The summed E-state index contributed by atoms with van der Waals surface area (Å²) < 4.78 is 2.86.